The summed E-state index contributed by atoms with van der Waals surface area (Å²) in [5.41, 5.74) is 3.18. The fraction of sp³-hybridized carbons (Fsp3) is 0.600. The lowest BCUT2D eigenvalue weighted by molar-refractivity contribution is 0.439. The summed E-state index contributed by atoms with van der Waals surface area (Å²) in [5, 5.41) is 4.37. The standard InChI is InChI=1S/C15H21NS2/c1-16-14(15-10-17-6-7-18-15)9-12-8-11-4-2-3-5-13(11)12/h2-5,12,14-16H,6-10H2,1H3. The normalized spacial score (nSPS) is 28.3. The lowest BCUT2D eigenvalue weighted by Crippen LogP contribution is -2.41. The van der Waals surface area contributed by atoms with Gasteiger partial charge >= 0.3 is 0 Å². The van der Waals surface area contributed by atoms with E-state index in [9.17, 15) is 0 Å². The molecule has 0 amide bonds. The number of rotatable bonds is 4. The zero-order valence-electron chi connectivity index (χ0n) is 10.9. The van der Waals surface area contributed by atoms with E-state index < -0.39 is 0 Å². The van der Waals surface area contributed by atoms with Crippen molar-refractivity contribution in [2.45, 2.75) is 30.1 Å². The molecule has 1 saturated heterocycles. The molecule has 1 N–H and O–H groups in total. The molecule has 3 unspecified atom stereocenters. The minimum absolute atomic E-state index is 0.682. The Labute approximate surface area is 119 Å². The Hall–Kier alpha value is -0.120. The van der Waals surface area contributed by atoms with Crippen molar-refractivity contribution in [2.24, 2.45) is 0 Å². The zero-order valence-corrected chi connectivity index (χ0v) is 12.5. The first-order valence-electron chi connectivity index (χ1n) is 6.83. The highest BCUT2D eigenvalue weighted by Gasteiger charge is 2.31. The van der Waals surface area contributed by atoms with Crippen molar-refractivity contribution in [2.75, 3.05) is 24.3 Å². The van der Waals surface area contributed by atoms with Gasteiger partial charge in [0.1, 0.15) is 0 Å². The highest BCUT2D eigenvalue weighted by molar-refractivity contribution is 8.06. The fourth-order valence-electron chi connectivity index (χ4n) is 3.07. The summed E-state index contributed by atoms with van der Waals surface area (Å²) in [6, 6.07) is 9.63. The van der Waals surface area contributed by atoms with E-state index >= 15 is 0 Å². The molecule has 3 heteroatoms. The summed E-state index contributed by atoms with van der Waals surface area (Å²) in [5.74, 6) is 4.79. The van der Waals surface area contributed by atoms with Crippen LogP contribution in [0.4, 0.5) is 0 Å². The Balaban J connectivity index is 1.61. The highest BCUT2D eigenvalue weighted by Crippen LogP contribution is 2.40. The first-order chi connectivity index (χ1) is 8.88. The Morgan fingerprint density at radius 1 is 1.33 bits per heavy atom. The Morgan fingerprint density at radius 2 is 2.22 bits per heavy atom. The summed E-state index contributed by atoms with van der Waals surface area (Å²) >= 11 is 4.29. The van der Waals surface area contributed by atoms with Gasteiger partial charge in [-0.25, -0.2) is 0 Å². The van der Waals surface area contributed by atoms with Gasteiger partial charge in [-0.2, -0.15) is 23.5 Å². The predicted octanol–water partition coefficient (Wildman–Crippen LogP) is 3.15. The average Bonchev–Trinajstić information content (AvgIpc) is 2.41. The molecule has 1 nitrogen and oxygen atoms in total. The summed E-state index contributed by atoms with van der Waals surface area (Å²) in [6.45, 7) is 0. The van der Waals surface area contributed by atoms with Gasteiger partial charge in [0.15, 0.2) is 0 Å². The van der Waals surface area contributed by atoms with Crippen LogP contribution in [-0.4, -0.2) is 35.6 Å². The molecule has 1 aliphatic heterocycles. The van der Waals surface area contributed by atoms with E-state index in [1.807, 2.05) is 0 Å². The molecule has 3 rings (SSSR count). The number of nitrogens with one attached hydrogen (secondary N) is 1. The first-order valence-corrected chi connectivity index (χ1v) is 9.03. The summed E-state index contributed by atoms with van der Waals surface area (Å²) in [7, 11) is 2.13. The first kappa shape index (κ1) is 12.9. The summed E-state index contributed by atoms with van der Waals surface area (Å²) < 4.78 is 0. The molecule has 0 aromatic heterocycles. The SMILES string of the molecule is CNC(CC1Cc2ccccc21)C1CSCCS1. The van der Waals surface area contributed by atoms with Crippen molar-refractivity contribution >= 4 is 23.5 Å². The summed E-state index contributed by atoms with van der Waals surface area (Å²) in [6.07, 6.45) is 2.60. The molecule has 98 valence electrons. The molecular formula is C15H21NS2. The molecule has 1 aromatic rings. The second kappa shape index (κ2) is 5.89. The van der Waals surface area contributed by atoms with Crippen molar-refractivity contribution in [3.63, 3.8) is 0 Å². The minimum Gasteiger partial charge on any atom is -0.316 e. The van der Waals surface area contributed by atoms with E-state index in [0.717, 1.165) is 11.2 Å². The average molecular weight is 279 g/mol. The maximum atomic E-state index is 3.57. The smallest absolute Gasteiger partial charge is 0.0292 e. The molecule has 1 aliphatic carbocycles. The van der Waals surface area contributed by atoms with Crippen molar-refractivity contribution in [3.05, 3.63) is 35.4 Å². The van der Waals surface area contributed by atoms with Crippen LogP contribution in [0.5, 0.6) is 0 Å². The van der Waals surface area contributed by atoms with Gasteiger partial charge in [-0.1, -0.05) is 24.3 Å². The van der Waals surface area contributed by atoms with E-state index in [1.54, 1.807) is 11.1 Å². The molecule has 3 atom stereocenters. The third kappa shape index (κ3) is 2.59. The molecular weight excluding hydrogens is 258 g/mol. The minimum atomic E-state index is 0.682. The van der Waals surface area contributed by atoms with E-state index in [-0.39, 0.29) is 0 Å². The highest BCUT2D eigenvalue weighted by atomic mass is 32.2. The van der Waals surface area contributed by atoms with Crippen LogP contribution < -0.4 is 5.32 Å². The molecule has 0 spiro atoms. The van der Waals surface area contributed by atoms with E-state index in [2.05, 4.69) is 60.2 Å². The number of hydrogen-bond donors (Lipinski definition) is 1. The van der Waals surface area contributed by atoms with Gasteiger partial charge in [0.05, 0.1) is 0 Å². The van der Waals surface area contributed by atoms with Gasteiger partial charge in [-0.3, -0.25) is 0 Å². The largest absolute Gasteiger partial charge is 0.316 e. The predicted molar refractivity (Wildman–Crippen MR) is 83.9 cm³/mol. The van der Waals surface area contributed by atoms with Gasteiger partial charge in [0.25, 0.3) is 0 Å². The lowest BCUT2D eigenvalue weighted by atomic mass is 9.74. The Bertz CT molecular complexity index is 401. The molecule has 2 aliphatic rings. The van der Waals surface area contributed by atoms with E-state index in [4.69, 9.17) is 0 Å². The number of benzene rings is 1. The van der Waals surface area contributed by atoms with Gasteiger partial charge in [-0.15, -0.1) is 0 Å². The summed E-state index contributed by atoms with van der Waals surface area (Å²) in [4.78, 5) is 0. The molecule has 0 radical (unpaired) electrons. The molecule has 0 saturated carbocycles. The Morgan fingerprint density at radius 3 is 2.94 bits per heavy atom. The third-order valence-corrected chi connectivity index (χ3v) is 7.08. The van der Waals surface area contributed by atoms with E-state index in [0.29, 0.717) is 6.04 Å². The molecule has 1 aromatic carbocycles. The van der Waals surface area contributed by atoms with Crippen LogP contribution in [0.1, 0.15) is 23.5 Å². The van der Waals surface area contributed by atoms with Crippen LogP contribution in [0.2, 0.25) is 0 Å². The van der Waals surface area contributed by atoms with Crippen LogP contribution in [0.15, 0.2) is 24.3 Å². The monoisotopic (exact) mass is 279 g/mol. The molecule has 1 fully saturated rings. The zero-order chi connectivity index (χ0) is 12.4. The quantitative estimate of drug-likeness (QED) is 0.909. The number of fused-ring (bicyclic) bond motifs is 1. The van der Waals surface area contributed by atoms with Gasteiger partial charge < -0.3 is 5.32 Å². The number of hydrogen-bond acceptors (Lipinski definition) is 3. The van der Waals surface area contributed by atoms with Crippen molar-refractivity contribution in [3.8, 4) is 0 Å². The maximum absolute atomic E-state index is 3.57. The maximum Gasteiger partial charge on any atom is 0.0292 e. The van der Waals surface area contributed by atoms with Crippen molar-refractivity contribution in [1.29, 1.82) is 0 Å². The van der Waals surface area contributed by atoms with Crippen molar-refractivity contribution in [1.82, 2.24) is 5.32 Å². The van der Waals surface area contributed by atoms with Crippen LogP contribution in [0.3, 0.4) is 0 Å². The molecule has 0 bridgehead atoms. The molecule has 1 heterocycles. The lowest BCUT2D eigenvalue weighted by Gasteiger charge is -2.36. The molecule has 18 heavy (non-hydrogen) atoms. The van der Waals surface area contributed by atoms with Gasteiger partial charge in [-0.05, 0) is 36.9 Å². The van der Waals surface area contributed by atoms with Gasteiger partial charge in [0.2, 0.25) is 0 Å². The van der Waals surface area contributed by atoms with Crippen LogP contribution in [0.25, 0.3) is 0 Å². The third-order valence-electron chi connectivity index (χ3n) is 4.16. The topological polar surface area (TPSA) is 12.0 Å². The van der Waals surface area contributed by atoms with Crippen LogP contribution in [0, 0.1) is 0 Å². The Kier molecular flexibility index (Phi) is 4.22. The second-order valence-electron chi connectivity index (χ2n) is 5.21. The number of thioether (sulfide) groups is 2. The van der Waals surface area contributed by atoms with Gasteiger partial charge in [0, 0.05) is 28.6 Å². The van der Waals surface area contributed by atoms with E-state index in [1.165, 1.54) is 30.1 Å². The van der Waals surface area contributed by atoms with Crippen LogP contribution in [-0.2, 0) is 6.42 Å². The fourth-order valence-corrected chi connectivity index (χ4v) is 6.02. The van der Waals surface area contributed by atoms with Crippen molar-refractivity contribution < 1.29 is 0 Å². The van der Waals surface area contributed by atoms with Crippen LogP contribution >= 0.6 is 23.5 Å². The second-order valence-corrected chi connectivity index (χ2v) is 7.71.